The number of guanidine groups is 1. The van der Waals surface area contributed by atoms with Crippen LogP contribution >= 0.6 is 0 Å². The average Bonchev–Trinajstić information content (AvgIpc) is 3.19. The molecule has 0 aromatic heterocycles. The molecule has 0 spiro atoms. The molecule has 2 aromatic rings. The molecule has 2 fully saturated rings. The van der Waals surface area contributed by atoms with Crippen molar-refractivity contribution in [3.05, 3.63) is 65.7 Å². The number of esters is 1. The van der Waals surface area contributed by atoms with E-state index in [1.165, 1.54) is 28.9 Å². The number of alkyl carbamates (subject to hydrolysis) is 1. The van der Waals surface area contributed by atoms with Crippen LogP contribution in [0.4, 0.5) is 4.79 Å². The van der Waals surface area contributed by atoms with E-state index in [-0.39, 0.29) is 94.7 Å². The normalized spacial score (nSPS) is 17.7. The van der Waals surface area contributed by atoms with E-state index in [1.54, 1.807) is 71.0 Å². The van der Waals surface area contributed by atoms with E-state index in [9.17, 15) is 63.3 Å². The zero-order valence-corrected chi connectivity index (χ0v) is 52.3. The highest BCUT2D eigenvalue weighted by Crippen LogP contribution is 2.24. The van der Waals surface area contributed by atoms with Crippen LogP contribution < -0.4 is 48.7 Å². The first kappa shape index (κ1) is 72.4. The second-order valence-electron chi connectivity index (χ2n) is 24.6. The Kier molecular flexibility index (Phi) is 28.4. The number of phenolic OH excluding ortho intramolecular Hbond substituents is 1. The van der Waals surface area contributed by atoms with Gasteiger partial charge in [-0.25, -0.2) is 9.59 Å². The molecule has 88 heavy (non-hydrogen) atoms. The summed E-state index contributed by atoms with van der Waals surface area (Å²) in [6, 6.07) is 3.27. The molecule has 2 aliphatic rings. The van der Waals surface area contributed by atoms with E-state index >= 15 is 0 Å². The van der Waals surface area contributed by atoms with E-state index in [2.05, 4.69) is 42.2 Å². The van der Waals surface area contributed by atoms with Crippen molar-refractivity contribution in [2.45, 2.75) is 200 Å². The Labute approximate surface area is 515 Å². The molecule has 488 valence electrons. The fourth-order valence-electron chi connectivity index (χ4n) is 10.2. The van der Waals surface area contributed by atoms with Crippen LogP contribution in [0.2, 0.25) is 0 Å². The molecule has 0 bridgehead atoms. The smallest absolute Gasteiger partial charge is 0.408 e. The zero-order valence-electron chi connectivity index (χ0n) is 52.3. The number of aliphatic hydroxyl groups excluding tert-OH is 2. The fraction of sp³-hybridized carbons (Fsp3) is 0.623. The molecule has 27 nitrogen and oxygen atoms in total. The first-order valence-electron chi connectivity index (χ1n) is 30.1. The van der Waals surface area contributed by atoms with Gasteiger partial charge in [0.2, 0.25) is 47.3 Å². The third-order valence-electron chi connectivity index (χ3n) is 14.6. The predicted molar refractivity (Wildman–Crippen MR) is 325 cm³/mol. The summed E-state index contributed by atoms with van der Waals surface area (Å²) in [4.78, 5) is 146. The lowest BCUT2D eigenvalue weighted by Crippen LogP contribution is -2.62. The number of hydrogen-bond acceptors (Lipinski definition) is 16. The van der Waals surface area contributed by atoms with Gasteiger partial charge in [0.1, 0.15) is 72.3 Å². The largest absolute Gasteiger partial charge is 0.508 e. The second kappa shape index (κ2) is 34.5. The van der Waals surface area contributed by atoms with E-state index in [1.807, 2.05) is 33.8 Å². The lowest BCUT2D eigenvalue weighted by molar-refractivity contribution is -0.149. The van der Waals surface area contributed by atoms with Gasteiger partial charge in [-0.15, -0.1) is 0 Å². The molecule has 10 atom stereocenters. The Morgan fingerprint density at radius 2 is 1.15 bits per heavy atom. The first-order valence-corrected chi connectivity index (χ1v) is 30.1. The van der Waals surface area contributed by atoms with Crippen molar-refractivity contribution in [1.29, 1.82) is 0 Å². The average molecular weight is 1240 g/mol. The van der Waals surface area contributed by atoms with E-state index in [0.717, 1.165) is 0 Å². The van der Waals surface area contributed by atoms with Crippen LogP contribution in [-0.4, -0.2) is 183 Å². The van der Waals surface area contributed by atoms with Crippen LogP contribution in [0.15, 0.2) is 59.6 Å². The number of amides is 9. The zero-order chi connectivity index (χ0) is 65.6. The van der Waals surface area contributed by atoms with Crippen LogP contribution in [0.5, 0.6) is 5.75 Å². The number of rotatable bonds is 31. The summed E-state index contributed by atoms with van der Waals surface area (Å²) >= 11 is 0. The number of ether oxygens (including phenoxy) is 2. The third-order valence-corrected chi connectivity index (χ3v) is 14.6. The van der Waals surface area contributed by atoms with Gasteiger partial charge in [0, 0.05) is 26.1 Å². The van der Waals surface area contributed by atoms with Crippen molar-refractivity contribution < 1.29 is 72.7 Å². The summed E-state index contributed by atoms with van der Waals surface area (Å²) < 4.78 is 10.9. The number of nitrogens with one attached hydrogen (secondary N) is 7. The van der Waals surface area contributed by atoms with Crippen molar-refractivity contribution in [3.8, 4) is 5.75 Å². The second-order valence-corrected chi connectivity index (χ2v) is 24.6. The third kappa shape index (κ3) is 23.2. The van der Waals surface area contributed by atoms with Crippen molar-refractivity contribution in [2.24, 2.45) is 34.2 Å². The number of aliphatic hydroxyl groups is 2. The first-order chi connectivity index (χ1) is 41.4. The number of nitrogens with two attached hydrogens (primary N) is 2. The minimum Gasteiger partial charge on any atom is -0.508 e. The molecular weight excluding hydrogens is 1140 g/mol. The molecule has 2 aromatic carbocycles. The highest BCUT2D eigenvalue weighted by atomic mass is 16.6. The maximum absolute atomic E-state index is 14.7. The lowest BCUT2D eigenvalue weighted by atomic mass is 9.99. The summed E-state index contributed by atoms with van der Waals surface area (Å²) in [6.07, 6.45) is -1.05. The van der Waals surface area contributed by atoms with Gasteiger partial charge in [-0.1, -0.05) is 84.0 Å². The van der Waals surface area contributed by atoms with Gasteiger partial charge in [0.25, 0.3) is 0 Å². The van der Waals surface area contributed by atoms with Gasteiger partial charge >= 0.3 is 12.1 Å². The summed E-state index contributed by atoms with van der Waals surface area (Å²) in [5.74, 6) is -8.06. The van der Waals surface area contributed by atoms with Crippen molar-refractivity contribution in [2.75, 3.05) is 26.2 Å². The van der Waals surface area contributed by atoms with Crippen LogP contribution in [0.3, 0.4) is 0 Å². The predicted octanol–water partition coefficient (Wildman–Crippen LogP) is 0.637. The molecule has 0 saturated carbocycles. The quantitative estimate of drug-likeness (QED) is 0.0213. The number of likely N-dealkylation sites (tertiary alicyclic amines) is 2. The van der Waals surface area contributed by atoms with Crippen molar-refractivity contribution >= 4 is 65.3 Å². The number of phenols is 1. The van der Waals surface area contributed by atoms with E-state index in [0.29, 0.717) is 24.0 Å². The molecule has 2 aliphatic heterocycles. The minimum absolute atomic E-state index is 0.0105. The van der Waals surface area contributed by atoms with Gasteiger partial charge in [-0.05, 0) is 120 Å². The standard InChI is InChI=1S/C61H94N12O15/c1-34(2)29-42(51(78)65-41(19-14-26-64-59(62)63)50(77)68-44(31-38-22-24-40(76)25-23-38)58(85)87-33-39-17-12-11-13-18-39)66-52(79)46-20-15-27-72(46)56(83)43(30-35(3)4)67-55(82)49(37(7)75)71-54(81)48(36(5)6)70-53(80)47-21-16-28-73(47)57(84)45(32-74)69-60(86)88-61(8,9)10/h11-13,17-18,22-25,34-37,41-49,74-76H,14-16,19-21,26-33H2,1-10H3,(H,65,78)(H,66,79)(H,67,82)(H,68,77)(H,69,86)(H,70,80)(H,71,81)(H4,62,63,64)/t37-,41+,42+,43+,44+,45+,46+,47+,48+,49+/m1/s1. The Hall–Kier alpha value is -8.07. The number of aliphatic imine (C=N–C) groups is 1. The van der Waals surface area contributed by atoms with Crippen LogP contribution in [0.25, 0.3) is 0 Å². The number of carbonyl (C=O) groups is 10. The molecule has 0 unspecified atom stereocenters. The van der Waals surface area contributed by atoms with Gasteiger partial charge in [-0.3, -0.25) is 43.3 Å². The minimum atomic E-state index is -1.66. The van der Waals surface area contributed by atoms with Gasteiger partial charge in [-0.2, -0.15) is 0 Å². The molecule has 14 N–H and O–H groups in total. The van der Waals surface area contributed by atoms with Gasteiger partial charge < -0.3 is 83.3 Å². The molecule has 9 amide bonds. The van der Waals surface area contributed by atoms with Gasteiger partial charge in [0.15, 0.2) is 5.96 Å². The molecule has 2 heterocycles. The Balaban J connectivity index is 1.50. The highest BCUT2D eigenvalue weighted by Gasteiger charge is 2.43. The summed E-state index contributed by atoms with van der Waals surface area (Å²) in [7, 11) is 0. The molecule has 2 saturated heterocycles. The number of hydrogen-bond donors (Lipinski definition) is 12. The molecule has 0 radical (unpaired) electrons. The monoisotopic (exact) mass is 1230 g/mol. The lowest BCUT2D eigenvalue weighted by Gasteiger charge is -2.33. The number of carbonyl (C=O) groups excluding carboxylic acids is 10. The van der Waals surface area contributed by atoms with Crippen molar-refractivity contribution in [1.82, 2.24) is 47.0 Å². The summed E-state index contributed by atoms with van der Waals surface area (Å²) in [5, 5.41) is 49.5. The van der Waals surface area contributed by atoms with Crippen molar-refractivity contribution in [3.63, 3.8) is 0 Å². The molecular formula is C61H94N12O15. The van der Waals surface area contributed by atoms with E-state index < -0.39 is 138 Å². The Morgan fingerprint density at radius 3 is 1.68 bits per heavy atom. The fourth-order valence-corrected chi connectivity index (χ4v) is 10.2. The van der Waals surface area contributed by atoms with Crippen LogP contribution in [-0.2, 0) is 65.7 Å². The molecule has 27 heteroatoms. The van der Waals surface area contributed by atoms with Gasteiger partial charge in [0.05, 0.1) is 12.7 Å². The summed E-state index contributed by atoms with van der Waals surface area (Å²) in [6.45, 7) is 16.1. The molecule has 0 aliphatic carbocycles. The maximum atomic E-state index is 14.7. The maximum Gasteiger partial charge on any atom is 0.408 e. The number of aromatic hydroxyl groups is 1. The number of nitrogens with zero attached hydrogens (tertiary/aromatic N) is 3. The Bertz CT molecular complexity index is 2720. The topological polar surface area (TPSA) is 405 Å². The SMILES string of the molecule is CC(C)C[C@H](NC(=O)[C@@H]1CCCN1C(=O)[C@H](CC(C)C)NC(=O)[C@@H](NC(=O)[C@@H](NC(=O)[C@@H]1CCCN1C(=O)[C@H](CO)NC(=O)OC(C)(C)C)C(C)C)[C@@H](C)O)C(=O)N[C@@H](CCCN=C(N)N)C(=O)N[C@@H](Cc1ccc(O)cc1)C(=O)OCc1ccccc1. The molecule has 4 rings (SSSR count). The van der Waals surface area contributed by atoms with Crippen LogP contribution in [0.1, 0.15) is 132 Å². The van der Waals surface area contributed by atoms with Crippen LogP contribution in [0, 0.1) is 17.8 Å². The summed E-state index contributed by atoms with van der Waals surface area (Å²) in [5.41, 5.74) is 11.5. The highest BCUT2D eigenvalue weighted by molar-refractivity contribution is 5.99. The Morgan fingerprint density at radius 1 is 0.625 bits per heavy atom. The number of benzene rings is 2. The van der Waals surface area contributed by atoms with E-state index in [4.69, 9.17) is 20.9 Å².